The molecule has 0 saturated carbocycles. The van der Waals surface area contributed by atoms with E-state index >= 15 is 0 Å². The van der Waals surface area contributed by atoms with Crippen molar-refractivity contribution in [2.24, 2.45) is 0 Å². The Morgan fingerprint density at radius 3 is 1.61 bits per heavy atom. The zero-order valence-electron chi connectivity index (χ0n) is 20.0. The number of hydrogen-bond acceptors (Lipinski definition) is 8. The molecule has 0 heterocycles. The van der Waals surface area contributed by atoms with E-state index in [1.165, 1.54) is 18.2 Å². The third-order valence-corrected chi connectivity index (χ3v) is 5.83. The average Bonchev–Trinajstić information content (AvgIpc) is 2.88. The maximum atomic E-state index is 12.2. The molecule has 0 aromatic heterocycles. The first-order valence-corrected chi connectivity index (χ1v) is 11.0. The van der Waals surface area contributed by atoms with E-state index in [0.29, 0.717) is 22.3 Å². The Hall–Kier alpha value is -4.43. The largest absolute Gasteiger partial charge is 0.457 e. The molecular weight excluding hydrogens is 464 g/mol. The number of esters is 3. The van der Waals surface area contributed by atoms with Crippen LogP contribution in [0.25, 0.3) is 11.1 Å². The molecule has 0 amide bonds. The zero-order chi connectivity index (χ0) is 26.6. The van der Waals surface area contributed by atoms with Crippen molar-refractivity contribution in [3.63, 3.8) is 0 Å². The molecule has 3 rings (SSSR count). The van der Waals surface area contributed by atoms with E-state index in [9.17, 15) is 19.5 Å². The maximum absolute atomic E-state index is 12.2. The van der Waals surface area contributed by atoms with Crippen LogP contribution < -0.4 is 18.9 Å². The van der Waals surface area contributed by atoms with Crippen LogP contribution >= 0.6 is 0 Å². The summed E-state index contributed by atoms with van der Waals surface area (Å²) in [6, 6.07) is 6.47. The smallest absolute Gasteiger partial charge is 0.335 e. The molecule has 2 aromatic rings. The summed E-state index contributed by atoms with van der Waals surface area (Å²) in [6.45, 7) is 17.6. The van der Waals surface area contributed by atoms with Gasteiger partial charge in [-0.15, -0.1) is 0 Å². The number of aliphatic hydroxyl groups excluding tert-OH is 1. The number of carbonyl (C=O) groups excluding carboxylic acids is 3. The Morgan fingerprint density at radius 1 is 0.750 bits per heavy atom. The summed E-state index contributed by atoms with van der Waals surface area (Å²) in [4.78, 5) is 36.1. The van der Waals surface area contributed by atoms with Crippen molar-refractivity contribution in [1.82, 2.24) is 0 Å². The van der Waals surface area contributed by atoms with E-state index in [-0.39, 0.29) is 34.8 Å². The van der Waals surface area contributed by atoms with Gasteiger partial charge in [0.15, 0.2) is 23.0 Å². The van der Waals surface area contributed by atoms with Gasteiger partial charge >= 0.3 is 17.9 Å². The molecule has 0 fully saturated rings. The first-order chi connectivity index (χ1) is 17.2. The standard InChI is InChI=1S/C28H26O8/c1-7-21(29)33-19-13-11-17-18-12-14-20(34-22(30)8-2)28(36-24(32)10-4)26(18)16(6)15(5)25(17)27(19)35-23(31)9-3/h7-16,23,31H,1-4H2,5-6H3. The van der Waals surface area contributed by atoms with Gasteiger partial charge in [-0.2, -0.15) is 0 Å². The first kappa shape index (κ1) is 26.2. The van der Waals surface area contributed by atoms with Gasteiger partial charge in [0.1, 0.15) is 0 Å². The summed E-state index contributed by atoms with van der Waals surface area (Å²) in [7, 11) is 0. The topological polar surface area (TPSA) is 108 Å². The van der Waals surface area contributed by atoms with Crippen molar-refractivity contribution in [3.8, 4) is 34.1 Å². The van der Waals surface area contributed by atoms with Gasteiger partial charge in [0.2, 0.25) is 6.29 Å². The highest BCUT2D eigenvalue weighted by Crippen LogP contribution is 2.56. The van der Waals surface area contributed by atoms with Crippen molar-refractivity contribution >= 4 is 17.9 Å². The van der Waals surface area contributed by atoms with E-state index in [2.05, 4.69) is 26.3 Å². The minimum absolute atomic E-state index is 0.0476. The molecule has 0 radical (unpaired) electrons. The number of rotatable bonds is 9. The van der Waals surface area contributed by atoms with Gasteiger partial charge in [0, 0.05) is 29.4 Å². The summed E-state index contributed by atoms with van der Waals surface area (Å²) in [5, 5.41) is 10.2. The normalized spacial score (nSPS) is 16.3. The fourth-order valence-electron chi connectivity index (χ4n) is 4.03. The zero-order valence-corrected chi connectivity index (χ0v) is 20.0. The van der Waals surface area contributed by atoms with Gasteiger partial charge in [-0.1, -0.05) is 52.3 Å². The predicted molar refractivity (Wildman–Crippen MR) is 133 cm³/mol. The summed E-state index contributed by atoms with van der Waals surface area (Å²) in [6.07, 6.45) is 2.84. The molecule has 0 spiro atoms. The van der Waals surface area contributed by atoms with Crippen LogP contribution in [0.15, 0.2) is 74.9 Å². The molecule has 8 heteroatoms. The number of hydrogen-bond donors (Lipinski definition) is 1. The lowest BCUT2D eigenvalue weighted by Gasteiger charge is -2.34. The molecule has 36 heavy (non-hydrogen) atoms. The summed E-state index contributed by atoms with van der Waals surface area (Å²) < 4.78 is 22.0. The fraction of sp³-hybridized carbons (Fsp3) is 0.179. The van der Waals surface area contributed by atoms with Crippen molar-refractivity contribution in [2.45, 2.75) is 32.0 Å². The molecule has 0 saturated heterocycles. The van der Waals surface area contributed by atoms with Crippen LogP contribution in [0.1, 0.15) is 36.8 Å². The van der Waals surface area contributed by atoms with Crippen molar-refractivity contribution in [1.29, 1.82) is 0 Å². The van der Waals surface area contributed by atoms with Crippen LogP contribution in [-0.2, 0) is 14.4 Å². The number of carbonyl (C=O) groups is 3. The Labute approximate surface area is 208 Å². The van der Waals surface area contributed by atoms with E-state index < -0.39 is 24.2 Å². The van der Waals surface area contributed by atoms with E-state index in [1.807, 2.05) is 13.8 Å². The Balaban J connectivity index is 2.32. The lowest BCUT2D eigenvalue weighted by molar-refractivity contribution is -0.131. The maximum Gasteiger partial charge on any atom is 0.335 e. The molecule has 0 bridgehead atoms. The lowest BCUT2D eigenvalue weighted by atomic mass is 9.72. The Bertz CT molecular complexity index is 1270. The second-order valence-corrected chi connectivity index (χ2v) is 7.91. The molecule has 0 aliphatic heterocycles. The van der Waals surface area contributed by atoms with Gasteiger partial charge in [0.25, 0.3) is 0 Å². The average molecular weight is 491 g/mol. The third-order valence-electron chi connectivity index (χ3n) is 5.83. The van der Waals surface area contributed by atoms with Gasteiger partial charge in [-0.3, -0.25) is 0 Å². The van der Waals surface area contributed by atoms with Gasteiger partial charge < -0.3 is 24.1 Å². The quantitative estimate of drug-likeness (QED) is 0.177. The van der Waals surface area contributed by atoms with Gasteiger partial charge in [-0.25, -0.2) is 14.4 Å². The number of aliphatic hydroxyl groups is 1. The molecule has 2 aromatic carbocycles. The lowest BCUT2D eigenvalue weighted by Crippen LogP contribution is -2.21. The molecular formula is C28H26O8. The minimum Gasteiger partial charge on any atom is -0.457 e. The number of benzene rings is 2. The minimum atomic E-state index is -1.37. The predicted octanol–water partition coefficient (Wildman–Crippen LogP) is 4.73. The monoisotopic (exact) mass is 490 g/mol. The highest BCUT2D eigenvalue weighted by molar-refractivity contribution is 5.90. The molecule has 1 aliphatic rings. The molecule has 186 valence electrons. The molecule has 1 N–H and O–H groups in total. The van der Waals surface area contributed by atoms with Crippen LogP contribution in [0.3, 0.4) is 0 Å². The van der Waals surface area contributed by atoms with Crippen LogP contribution in [0.5, 0.6) is 23.0 Å². The molecule has 3 unspecified atom stereocenters. The summed E-state index contributed by atoms with van der Waals surface area (Å²) in [5.41, 5.74) is 2.62. The fourth-order valence-corrected chi connectivity index (χ4v) is 4.03. The van der Waals surface area contributed by atoms with Gasteiger partial charge in [-0.05, 0) is 41.2 Å². The van der Waals surface area contributed by atoms with Crippen molar-refractivity contribution in [3.05, 3.63) is 86.0 Å². The van der Waals surface area contributed by atoms with Crippen LogP contribution in [-0.4, -0.2) is 29.3 Å². The number of ether oxygens (including phenoxy) is 4. The SMILES string of the molecule is C=CC(=O)Oc1ccc2c(c1OC(=O)C=C)C(C)C(C)c1c-2ccc(OC(=O)C=C)c1OC(O)C=C. The highest BCUT2D eigenvalue weighted by Gasteiger charge is 2.37. The summed E-state index contributed by atoms with van der Waals surface area (Å²) in [5.74, 6) is -2.37. The second-order valence-electron chi connectivity index (χ2n) is 7.91. The van der Waals surface area contributed by atoms with E-state index in [4.69, 9.17) is 18.9 Å². The first-order valence-electron chi connectivity index (χ1n) is 11.0. The van der Waals surface area contributed by atoms with Crippen LogP contribution in [0, 0.1) is 0 Å². The van der Waals surface area contributed by atoms with E-state index in [0.717, 1.165) is 18.2 Å². The van der Waals surface area contributed by atoms with E-state index in [1.54, 1.807) is 12.1 Å². The van der Waals surface area contributed by atoms with Crippen molar-refractivity contribution in [2.75, 3.05) is 0 Å². The third kappa shape index (κ3) is 4.99. The summed E-state index contributed by atoms with van der Waals surface area (Å²) >= 11 is 0. The Morgan fingerprint density at radius 2 is 1.17 bits per heavy atom. The van der Waals surface area contributed by atoms with Crippen LogP contribution in [0.2, 0.25) is 0 Å². The molecule has 3 atom stereocenters. The van der Waals surface area contributed by atoms with Crippen LogP contribution in [0.4, 0.5) is 0 Å². The van der Waals surface area contributed by atoms with Gasteiger partial charge in [0.05, 0.1) is 0 Å². The highest BCUT2D eigenvalue weighted by atomic mass is 16.6. The molecule has 1 aliphatic carbocycles. The Kier molecular flexibility index (Phi) is 7.91. The van der Waals surface area contributed by atoms with Crippen molar-refractivity contribution < 1.29 is 38.4 Å². The second kappa shape index (κ2) is 10.9. The molecule has 8 nitrogen and oxygen atoms in total. The number of fused-ring (bicyclic) bond motifs is 3.